The highest BCUT2D eigenvalue weighted by molar-refractivity contribution is 9.10. The van der Waals surface area contributed by atoms with Crippen molar-refractivity contribution in [3.63, 3.8) is 0 Å². The summed E-state index contributed by atoms with van der Waals surface area (Å²) in [5.74, 6) is -1.92. The van der Waals surface area contributed by atoms with E-state index in [0.717, 1.165) is 12.1 Å². The van der Waals surface area contributed by atoms with E-state index in [4.69, 9.17) is 4.74 Å². The van der Waals surface area contributed by atoms with Crippen molar-refractivity contribution in [1.82, 2.24) is 0 Å². The Balaban J connectivity index is 3.02. The molecule has 1 N–H and O–H groups in total. The summed E-state index contributed by atoms with van der Waals surface area (Å²) >= 11 is 1.50. The molecule has 0 atom stereocenters. The van der Waals surface area contributed by atoms with Crippen LogP contribution in [0.2, 0.25) is 0 Å². The van der Waals surface area contributed by atoms with E-state index in [1.807, 2.05) is 0 Å². The van der Waals surface area contributed by atoms with Gasteiger partial charge in [-0.05, 0) is 31.2 Å². The van der Waals surface area contributed by atoms with E-state index in [2.05, 4.69) is 0 Å². The fourth-order valence-corrected chi connectivity index (χ4v) is 1.54. The number of nitrogens with one attached hydrogen (secondary N) is 1. The molecule has 0 aromatic heterocycles. The first-order valence-electron chi connectivity index (χ1n) is 5.80. The molecule has 0 saturated heterocycles. The van der Waals surface area contributed by atoms with Gasteiger partial charge in [0.05, 0.1) is 6.61 Å². The Kier molecular flexibility index (Phi) is 5.37. The predicted molar refractivity (Wildman–Crippen MR) is 70.0 cm³/mol. The summed E-state index contributed by atoms with van der Waals surface area (Å²) in [5.41, 5.74) is -0.231. The third kappa shape index (κ3) is 3.65. The second-order valence-electron chi connectivity index (χ2n) is 4.07. The minimum Gasteiger partial charge on any atom is -0.494 e. The van der Waals surface area contributed by atoms with Gasteiger partial charge in [-0.25, -0.2) is 0 Å². The zero-order valence-electron chi connectivity index (χ0n) is 11.0. The fourth-order valence-electron chi connectivity index (χ4n) is 1.44. The maximum absolute atomic E-state index is 12.7. The minimum atomic E-state index is -5.86. The van der Waals surface area contributed by atoms with Crippen LogP contribution in [0.25, 0.3) is 0 Å². The lowest BCUT2D eigenvalue weighted by Gasteiger charge is -2.30. The van der Waals surface area contributed by atoms with Crippen molar-refractivity contribution >= 4 is 27.5 Å². The molecule has 0 aliphatic carbocycles. The first kappa shape index (κ1) is 18.6. The average molecular weight is 394 g/mol. The van der Waals surface area contributed by atoms with Crippen molar-refractivity contribution in [3.8, 4) is 5.75 Å². The molecule has 0 heterocycles. The van der Waals surface area contributed by atoms with Crippen LogP contribution in [0.4, 0.5) is 32.0 Å². The number of ether oxygens (including phenoxy) is 1. The molecule has 0 saturated carbocycles. The van der Waals surface area contributed by atoms with Crippen LogP contribution in [0.5, 0.6) is 5.75 Å². The molecule has 0 unspecified atom stereocenters. The van der Waals surface area contributed by atoms with Crippen molar-refractivity contribution in [1.29, 1.82) is 0 Å². The van der Waals surface area contributed by atoms with Gasteiger partial charge in [0.2, 0.25) is 0 Å². The zero-order valence-corrected chi connectivity index (χ0v) is 12.6. The van der Waals surface area contributed by atoms with E-state index in [9.17, 15) is 31.1 Å². The van der Waals surface area contributed by atoms with Crippen molar-refractivity contribution < 1.29 is 35.9 Å². The van der Waals surface area contributed by atoms with E-state index in [1.165, 1.54) is 28.1 Å². The monoisotopic (exact) mass is 393 g/mol. The van der Waals surface area contributed by atoms with Gasteiger partial charge in [-0.3, -0.25) is 4.79 Å². The number of halogens is 7. The smallest absolute Gasteiger partial charge is 0.421 e. The lowest BCUT2D eigenvalue weighted by atomic mass is 10.1. The SMILES string of the molecule is CCOc1ccc(NC(=O)C(Br)(C(F)(F)F)C(F)(F)F)cc1. The lowest BCUT2D eigenvalue weighted by Crippen LogP contribution is -2.59. The van der Waals surface area contributed by atoms with Gasteiger partial charge in [-0.1, -0.05) is 15.9 Å². The molecule has 1 aromatic rings. The normalized spacial score (nSPS) is 12.9. The van der Waals surface area contributed by atoms with E-state index < -0.39 is 22.6 Å². The molecule has 0 aliphatic rings. The van der Waals surface area contributed by atoms with E-state index in [1.54, 1.807) is 12.2 Å². The molecule has 0 bridgehead atoms. The molecule has 1 amide bonds. The summed E-state index contributed by atoms with van der Waals surface area (Å²) in [6.07, 6.45) is -11.7. The molecular weight excluding hydrogens is 384 g/mol. The maximum Gasteiger partial charge on any atom is 0.421 e. The number of anilines is 1. The van der Waals surface area contributed by atoms with Crippen molar-refractivity contribution in [3.05, 3.63) is 24.3 Å². The van der Waals surface area contributed by atoms with Crippen LogP contribution in [0, 0.1) is 0 Å². The quantitative estimate of drug-likeness (QED) is 0.612. The number of benzene rings is 1. The largest absolute Gasteiger partial charge is 0.494 e. The molecule has 0 spiro atoms. The van der Waals surface area contributed by atoms with Crippen LogP contribution in [0.15, 0.2) is 24.3 Å². The summed E-state index contributed by atoms with van der Waals surface area (Å²) in [6.45, 7) is 2.03. The average Bonchev–Trinajstić information content (AvgIpc) is 2.37. The third-order valence-corrected chi connectivity index (χ3v) is 3.78. The predicted octanol–water partition coefficient (Wildman–Crippen LogP) is 4.28. The van der Waals surface area contributed by atoms with Crippen molar-refractivity contribution in [2.24, 2.45) is 0 Å². The van der Waals surface area contributed by atoms with Gasteiger partial charge in [0.15, 0.2) is 0 Å². The molecular formula is C12H10BrF6NO2. The Hall–Kier alpha value is -1.45. The van der Waals surface area contributed by atoms with Gasteiger partial charge < -0.3 is 10.1 Å². The Morgan fingerprint density at radius 1 is 1.09 bits per heavy atom. The first-order valence-corrected chi connectivity index (χ1v) is 6.59. The Labute approximate surface area is 129 Å². The Morgan fingerprint density at radius 3 is 1.91 bits per heavy atom. The summed E-state index contributed by atoms with van der Waals surface area (Å²) in [7, 11) is 0. The van der Waals surface area contributed by atoms with Crippen LogP contribution in [0.1, 0.15) is 6.92 Å². The Morgan fingerprint density at radius 2 is 1.55 bits per heavy atom. The van der Waals surface area contributed by atoms with Crippen molar-refractivity contribution in [2.75, 3.05) is 11.9 Å². The molecule has 124 valence electrons. The number of rotatable bonds is 4. The van der Waals surface area contributed by atoms with Gasteiger partial charge in [-0.15, -0.1) is 0 Å². The molecule has 22 heavy (non-hydrogen) atoms. The molecule has 1 aromatic carbocycles. The molecule has 3 nitrogen and oxygen atoms in total. The van der Waals surface area contributed by atoms with Gasteiger partial charge >= 0.3 is 12.4 Å². The third-order valence-electron chi connectivity index (χ3n) is 2.52. The van der Waals surface area contributed by atoms with E-state index >= 15 is 0 Å². The second kappa shape index (κ2) is 6.35. The summed E-state index contributed by atoms with van der Waals surface area (Å²) in [5, 5.41) is 1.58. The van der Waals surface area contributed by atoms with Gasteiger partial charge in [-0.2, -0.15) is 26.3 Å². The van der Waals surface area contributed by atoms with Crippen LogP contribution in [-0.4, -0.2) is 29.2 Å². The van der Waals surface area contributed by atoms with Crippen LogP contribution >= 0.6 is 15.9 Å². The first-order chi connectivity index (χ1) is 9.93. The van der Waals surface area contributed by atoms with Crippen LogP contribution < -0.4 is 10.1 Å². The number of hydrogen-bond donors (Lipinski definition) is 1. The zero-order chi connectivity index (χ0) is 17.2. The number of hydrogen-bond acceptors (Lipinski definition) is 2. The summed E-state index contributed by atoms with van der Waals surface area (Å²) in [6, 6.07) is 4.86. The molecule has 0 radical (unpaired) electrons. The fraction of sp³-hybridized carbons (Fsp3) is 0.417. The van der Waals surface area contributed by atoms with Gasteiger partial charge in [0, 0.05) is 5.69 Å². The van der Waals surface area contributed by atoms with Gasteiger partial charge in [0.1, 0.15) is 5.75 Å². The highest BCUT2D eigenvalue weighted by Gasteiger charge is 2.74. The molecule has 0 aliphatic heterocycles. The number of amides is 1. The summed E-state index contributed by atoms with van der Waals surface area (Å²) in [4.78, 5) is 11.5. The van der Waals surface area contributed by atoms with E-state index in [-0.39, 0.29) is 5.69 Å². The minimum absolute atomic E-state index is 0.231. The van der Waals surface area contributed by atoms with Crippen LogP contribution in [0.3, 0.4) is 0 Å². The topological polar surface area (TPSA) is 38.3 Å². The highest BCUT2D eigenvalue weighted by Crippen LogP contribution is 2.50. The number of carbonyl (C=O) groups excluding carboxylic acids is 1. The second-order valence-corrected chi connectivity index (χ2v) is 5.26. The van der Waals surface area contributed by atoms with E-state index in [0.29, 0.717) is 12.4 Å². The molecule has 10 heteroatoms. The maximum atomic E-state index is 12.7. The number of carbonyl (C=O) groups is 1. The standard InChI is InChI=1S/C12H10BrF6NO2/c1-2-22-8-5-3-7(4-6-8)20-9(21)10(13,11(14,15)16)12(17,18)19/h3-6H,2H2,1H3,(H,20,21). The van der Waals surface area contributed by atoms with Crippen molar-refractivity contribution in [2.45, 2.75) is 23.6 Å². The van der Waals surface area contributed by atoms with Gasteiger partial charge in [0.25, 0.3) is 10.2 Å². The lowest BCUT2D eigenvalue weighted by molar-refractivity contribution is -0.253. The molecule has 1 rings (SSSR count). The number of alkyl halides is 7. The summed E-state index contributed by atoms with van der Waals surface area (Å²) < 4.78 is 76.4. The van der Waals surface area contributed by atoms with Crippen LogP contribution in [-0.2, 0) is 4.79 Å². The highest BCUT2D eigenvalue weighted by atomic mass is 79.9. The Bertz CT molecular complexity index is 512. The molecule has 0 fully saturated rings.